The quantitative estimate of drug-likeness (QED) is 0.489. The van der Waals surface area contributed by atoms with Gasteiger partial charge in [-0.25, -0.2) is 18.4 Å². The number of imidazole rings is 2. The van der Waals surface area contributed by atoms with Crippen molar-refractivity contribution in [2.75, 3.05) is 13.1 Å². The average molecular weight is 499 g/mol. The number of carbonyl (C=O) groups is 1. The smallest absolute Gasteiger partial charge is 0.243 e. The molecule has 1 saturated heterocycles. The number of fused-ring (bicyclic) bond motifs is 2. The van der Waals surface area contributed by atoms with E-state index in [1.807, 2.05) is 12.3 Å². The van der Waals surface area contributed by atoms with Crippen molar-refractivity contribution in [3.8, 4) is 0 Å². The Morgan fingerprint density at radius 3 is 2.66 bits per heavy atom. The molecule has 1 fully saturated rings. The molecule has 1 N–H and O–H groups in total. The monoisotopic (exact) mass is 498 g/mol. The number of aromatic nitrogens is 4. The number of benzene rings is 1. The minimum absolute atomic E-state index is 0.0385. The van der Waals surface area contributed by atoms with Crippen LogP contribution in [0, 0.1) is 0 Å². The predicted octanol–water partition coefficient (Wildman–Crippen LogP) is 3.01. The highest BCUT2D eigenvalue weighted by atomic mass is 32.2. The Kier molecular flexibility index (Phi) is 6.93. The van der Waals surface area contributed by atoms with Gasteiger partial charge in [0.25, 0.3) is 0 Å². The van der Waals surface area contributed by atoms with Crippen molar-refractivity contribution in [3.63, 3.8) is 0 Å². The van der Waals surface area contributed by atoms with E-state index in [-0.39, 0.29) is 5.91 Å². The molecule has 0 bridgehead atoms. The topological polar surface area (TPSA) is 102 Å². The third kappa shape index (κ3) is 4.99. The molecule has 4 heterocycles. The summed E-state index contributed by atoms with van der Waals surface area (Å²) in [6.45, 7) is 5.46. The number of carbonyl (C=O) groups excluding carboxylic acids is 1. The number of hydrogen-bond acceptors (Lipinski definition) is 5. The number of sulfonamides is 1. The normalized spacial score (nSPS) is 16.6. The summed E-state index contributed by atoms with van der Waals surface area (Å²) in [6.07, 6.45) is 8.94. The van der Waals surface area contributed by atoms with Crippen LogP contribution >= 0.6 is 0 Å². The first-order chi connectivity index (χ1) is 17.0. The van der Waals surface area contributed by atoms with E-state index in [1.54, 1.807) is 16.4 Å². The summed E-state index contributed by atoms with van der Waals surface area (Å²) in [7, 11) is -3.49. The van der Waals surface area contributed by atoms with E-state index < -0.39 is 10.0 Å². The summed E-state index contributed by atoms with van der Waals surface area (Å²) in [5, 5.41) is 2.99. The maximum Gasteiger partial charge on any atom is 0.243 e. The van der Waals surface area contributed by atoms with Crippen molar-refractivity contribution in [1.29, 1.82) is 0 Å². The first-order valence-corrected chi connectivity index (χ1v) is 14.2. The molecular weight excluding hydrogens is 464 g/mol. The van der Waals surface area contributed by atoms with Gasteiger partial charge in [-0.1, -0.05) is 6.92 Å². The maximum absolute atomic E-state index is 13.0. The van der Waals surface area contributed by atoms with Crippen molar-refractivity contribution in [2.24, 2.45) is 0 Å². The molecule has 0 saturated carbocycles. The average Bonchev–Trinajstić information content (AvgIpc) is 3.60. The van der Waals surface area contributed by atoms with E-state index in [9.17, 15) is 13.2 Å². The molecule has 0 aliphatic carbocycles. The lowest BCUT2D eigenvalue weighted by Gasteiger charge is -2.15. The molecule has 10 heteroatoms. The summed E-state index contributed by atoms with van der Waals surface area (Å²) >= 11 is 0. The van der Waals surface area contributed by atoms with E-state index >= 15 is 0 Å². The molecule has 3 aromatic rings. The molecule has 5 rings (SSSR count). The Bertz CT molecular complexity index is 1300. The highest BCUT2D eigenvalue weighted by Crippen LogP contribution is 2.26. The number of hydrogen-bond donors (Lipinski definition) is 1. The lowest BCUT2D eigenvalue weighted by molar-refractivity contribution is -0.121. The zero-order valence-electron chi connectivity index (χ0n) is 20.4. The van der Waals surface area contributed by atoms with Gasteiger partial charge in [-0.15, -0.1) is 0 Å². The number of aryl methyl sites for hydroxylation is 4. The second-order valence-corrected chi connectivity index (χ2v) is 11.5. The van der Waals surface area contributed by atoms with Gasteiger partial charge in [0.15, 0.2) is 0 Å². The lowest BCUT2D eigenvalue weighted by atomic mass is 10.2. The summed E-state index contributed by atoms with van der Waals surface area (Å²) in [6, 6.07) is 5.22. The van der Waals surface area contributed by atoms with Gasteiger partial charge in [0.05, 0.1) is 28.2 Å². The molecule has 2 aliphatic rings. The summed E-state index contributed by atoms with van der Waals surface area (Å²) < 4.78 is 31.8. The van der Waals surface area contributed by atoms with Crippen LogP contribution in [0.3, 0.4) is 0 Å². The molecule has 9 nitrogen and oxygen atoms in total. The van der Waals surface area contributed by atoms with Gasteiger partial charge in [-0.05, 0) is 50.3 Å². The van der Waals surface area contributed by atoms with Crippen LogP contribution in [0.2, 0.25) is 0 Å². The Morgan fingerprint density at radius 1 is 1.09 bits per heavy atom. The highest BCUT2D eigenvalue weighted by Gasteiger charge is 2.28. The minimum atomic E-state index is -3.49. The summed E-state index contributed by atoms with van der Waals surface area (Å²) in [5.74, 6) is 1.88. The third-order valence-electron chi connectivity index (χ3n) is 6.95. The van der Waals surface area contributed by atoms with Crippen molar-refractivity contribution in [1.82, 2.24) is 28.7 Å². The zero-order chi connectivity index (χ0) is 24.4. The molecule has 2 aromatic heterocycles. The number of amides is 1. The van der Waals surface area contributed by atoms with Gasteiger partial charge in [-0.3, -0.25) is 4.79 Å². The summed E-state index contributed by atoms with van der Waals surface area (Å²) in [5.41, 5.74) is 2.48. The molecule has 1 amide bonds. The highest BCUT2D eigenvalue weighted by molar-refractivity contribution is 7.89. The largest absolute Gasteiger partial charge is 0.350 e. The molecule has 188 valence electrons. The fourth-order valence-electron chi connectivity index (χ4n) is 5.12. The maximum atomic E-state index is 13.0. The fourth-order valence-corrected chi connectivity index (χ4v) is 6.66. The number of rotatable bonds is 9. The zero-order valence-corrected chi connectivity index (χ0v) is 21.2. The molecule has 2 aliphatic heterocycles. The van der Waals surface area contributed by atoms with E-state index in [1.165, 1.54) is 12.8 Å². The van der Waals surface area contributed by atoms with Crippen LogP contribution in [0.5, 0.6) is 0 Å². The van der Waals surface area contributed by atoms with Gasteiger partial charge in [0.1, 0.15) is 11.6 Å². The van der Waals surface area contributed by atoms with Gasteiger partial charge in [0.2, 0.25) is 15.9 Å². The number of nitrogens with zero attached hydrogens (tertiary/aromatic N) is 5. The third-order valence-corrected chi connectivity index (χ3v) is 8.84. The molecule has 0 spiro atoms. The van der Waals surface area contributed by atoms with Crippen LogP contribution in [-0.4, -0.2) is 50.8 Å². The van der Waals surface area contributed by atoms with Crippen molar-refractivity contribution < 1.29 is 13.2 Å². The van der Waals surface area contributed by atoms with Crippen molar-refractivity contribution in [3.05, 3.63) is 41.7 Å². The van der Waals surface area contributed by atoms with E-state index in [4.69, 9.17) is 4.98 Å². The van der Waals surface area contributed by atoms with E-state index in [2.05, 4.69) is 26.4 Å². The predicted molar refractivity (Wildman–Crippen MR) is 133 cm³/mol. The first kappa shape index (κ1) is 24.0. The van der Waals surface area contributed by atoms with Crippen LogP contribution in [0.25, 0.3) is 11.0 Å². The van der Waals surface area contributed by atoms with Gasteiger partial charge >= 0.3 is 0 Å². The minimum Gasteiger partial charge on any atom is -0.350 e. The SMILES string of the molecule is CCCn1c(CCC(=O)NCc2cn3c(n2)CCCC3)nc2cc(S(=O)(=O)N3CCCC3)ccc21. The lowest BCUT2D eigenvalue weighted by Crippen LogP contribution is -2.27. The Balaban J connectivity index is 1.27. The Morgan fingerprint density at radius 2 is 1.89 bits per heavy atom. The van der Waals surface area contributed by atoms with Gasteiger partial charge < -0.3 is 14.5 Å². The standard InChI is InChI=1S/C25H34N6O3S/c1-2-12-31-22-9-8-20(35(33,34)30-14-5-6-15-30)16-21(22)28-24(31)10-11-25(32)26-17-19-18-29-13-4-3-7-23(29)27-19/h8-9,16,18H,2-7,10-15,17H2,1H3,(H,26,32). The molecule has 1 aromatic carbocycles. The molecule has 0 unspecified atom stereocenters. The van der Waals surface area contributed by atoms with E-state index in [0.717, 1.165) is 61.6 Å². The van der Waals surface area contributed by atoms with E-state index in [0.29, 0.717) is 42.9 Å². The van der Waals surface area contributed by atoms with Crippen molar-refractivity contribution >= 4 is 27.0 Å². The number of nitrogens with one attached hydrogen (secondary N) is 1. The van der Waals surface area contributed by atoms with Crippen LogP contribution in [0.15, 0.2) is 29.3 Å². The van der Waals surface area contributed by atoms with Crippen LogP contribution in [-0.2, 0) is 47.3 Å². The second kappa shape index (κ2) is 10.1. The fraction of sp³-hybridized carbons (Fsp3) is 0.560. The molecule has 0 radical (unpaired) electrons. The van der Waals surface area contributed by atoms with Gasteiger partial charge in [-0.2, -0.15) is 4.31 Å². The molecular formula is C25H34N6O3S. The van der Waals surface area contributed by atoms with Crippen LogP contribution < -0.4 is 5.32 Å². The molecule has 35 heavy (non-hydrogen) atoms. The molecule has 0 atom stereocenters. The van der Waals surface area contributed by atoms with Crippen LogP contribution in [0.4, 0.5) is 0 Å². The summed E-state index contributed by atoms with van der Waals surface area (Å²) in [4.78, 5) is 22.3. The van der Waals surface area contributed by atoms with Crippen LogP contribution in [0.1, 0.15) is 62.8 Å². The van der Waals surface area contributed by atoms with Crippen molar-refractivity contribution in [2.45, 2.75) is 82.8 Å². The van der Waals surface area contributed by atoms with Gasteiger partial charge in [0, 0.05) is 51.6 Å². The first-order valence-electron chi connectivity index (χ1n) is 12.8. The Labute approximate surface area is 206 Å². The second-order valence-electron chi connectivity index (χ2n) is 9.52. The Hall–Kier alpha value is -2.72.